The molecule has 0 aliphatic heterocycles. The Kier molecular flexibility index (Phi) is 8.29. The first-order valence-electron chi connectivity index (χ1n) is 20.6. The highest BCUT2D eigenvalue weighted by atomic mass is 28.3. The Morgan fingerprint density at radius 1 is 0.368 bits per heavy atom. The van der Waals surface area contributed by atoms with E-state index >= 15 is 0 Å². The van der Waals surface area contributed by atoms with Gasteiger partial charge in [-0.15, -0.1) is 0 Å². The van der Waals surface area contributed by atoms with Crippen LogP contribution in [0, 0.1) is 0 Å². The van der Waals surface area contributed by atoms with E-state index < -0.39 is 8.07 Å². The molecule has 2 heterocycles. The van der Waals surface area contributed by atoms with Crippen LogP contribution < -0.4 is 20.7 Å². The van der Waals surface area contributed by atoms with Gasteiger partial charge in [-0.1, -0.05) is 183 Å². The molecule has 0 spiro atoms. The van der Waals surface area contributed by atoms with Crippen molar-refractivity contribution in [3.8, 4) is 11.4 Å². The van der Waals surface area contributed by atoms with Gasteiger partial charge in [-0.25, -0.2) is 0 Å². The van der Waals surface area contributed by atoms with Gasteiger partial charge in [0, 0.05) is 27.2 Å². The van der Waals surface area contributed by atoms with Gasteiger partial charge in [0.25, 0.3) is 0 Å². The molecule has 0 N–H and O–H groups in total. The Hall–Kier alpha value is -6.42. The Balaban J connectivity index is 1.17. The minimum Gasteiger partial charge on any atom is -0.307 e. The summed E-state index contributed by atoms with van der Waals surface area (Å²) < 4.78 is 5.08. The minimum absolute atomic E-state index is 0.612. The van der Waals surface area contributed by atoms with Crippen molar-refractivity contribution >= 4 is 72.4 Å². The van der Waals surface area contributed by atoms with Crippen molar-refractivity contribution < 1.29 is 0 Å². The Labute approximate surface area is 335 Å². The largest absolute Gasteiger partial charge is 0.307 e. The fourth-order valence-electron chi connectivity index (χ4n) is 10.4. The monoisotopic (exact) mass is 748 g/mol. The van der Waals surface area contributed by atoms with Crippen molar-refractivity contribution in [1.29, 1.82) is 0 Å². The lowest BCUT2D eigenvalue weighted by molar-refractivity contribution is 0.445. The normalized spacial score (nSPS) is 13.9. The van der Waals surface area contributed by atoms with Crippen LogP contribution in [0.1, 0.15) is 43.6 Å². The fourth-order valence-corrected chi connectivity index (χ4v) is 15.2. The molecule has 0 amide bonds. The first-order chi connectivity index (χ1) is 28.3. The van der Waals surface area contributed by atoms with Crippen molar-refractivity contribution in [2.75, 3.05) is 0 Å². The maximum Gasteiger partial charge on any atom is 0.179 e. The van der Waals surface area contributed by atoms with Crippen LogP contribution in [0.25, 0.3) is 55.0 Å². The Bertz CT molecular complexity index is 2930. The second-order valence-electron chi connectivity index (χ2n) is 15.8. The molecule has 1 fully saturated rings. The molecular formula is C54H44N2Si. The molecule has 0 unspecified atom stereocenters. The zero-order chi connectivity index (χ0) is 37.8. The predicted molar refractivity (Wildman–Crippen MR) is 245 cm³/mol. The quantitative estimate of drug-likeness (QED) is 0.113. The third kappa shape index (κ3) is 5.30. The maximum atomic E-state index is 2.56. The number of benzene rings is 8. The minimum atomic E-state index is -2.66. The van der Waals surface area contributed by atoms with Gasteiger partial charge >= 0.3 is 0 Å². The summed E-state index contributed by atoms with van der Waals surface area (Å²) in [5, 5.41) is 10.8. The number of rotatable bonds is 7. The first kappa shape index (κ1) is 33.9. The van der Waals surface area contributed by atoms with Gasteiger partial charge in [0.2, 0.25) is 0 Å². The lowest BCUT2D eigenvalue weighted by atomic mass is 9.82. The lowest BCUT2D eigenvalue weighted by Gasteiger charge is -2.34. The number of para-hydroxylation sites is 3. The van der Waals surface area contributed by atoms with Crippen molar-refractivity contribution in [2.24, 2.45) is 0 Å². The van der Waals surface area contributed by atoms with Crippen LogP contribution in [0.15, 0.2) is 200 Å². The molecule has 0 radical (unpaired) electrons. The van der Waals surface area contributed by atoms with Crippen LogP contribution in [0.4, 0.5) is 0 Å². The van der Waals surface area contributed by atoms with E-state index in [0.717, 1.165) is 5.69 Å². The van der Waals surface area contributed by atoms with Gasteiger partial charge in [0.15, 0.2) is 8.07 Å². The van der Waals surface area contributed by atoms with E-state index in [0.29, 0.717) is 5.92 Å². The summed E-state index contributed by atoms with van der Waals surface area (Å²) >= 11 is 0. The topological polar surface area (TPSA) is 9.86 Å². The molecule has 10 aromatic rings. The second-order valence-corrected chi connectivity index (χ2v) is 19.7. The van der Waals surface area contributed by atoms with Gasteiger partial charge in [0.05, 0.1) is 27.8 Å². The summed E-state index contributed by atoms with van der Waals surface area (Å²) in [5.74, 6) is 0.612. The molecule has 0 atom stereocenters. The van der Waals surface area contributed by atoms with Gasteiger partial charge in [-0.3, -0.25) is 0 Å². The summed E-state index contributed by atoms with van der Waals surface area (Å²) in [6, 6.07) is 75.2. The average molecular weight is 749 g/mol. The van der Waals surface area contributed by atoms with Gasteiger partial charge < -0.3 is 9.13 Å². The molecule has 3 heteroatoms. The van der Waals surface area contributed by atoms with E-state index in [2.05, 4.69) is 209 Å². The third-order valence-electron chi connectivity index (χ3n) is 12.9. The van der Waals surface area contributed by atoms with Gasteiger partial charge in [-0.05, 0) is 81.5 Å². The van der Waals surface area contributed by atoms with Crippen molar-refractivity contribution in [3.05, 3.63) is 206 Å². The van der Waals surface area contributed by atoms with Crippen LogP contribution in [-0.4, -0.2) is 17.2 Å². The van der Waals surface area contributed by atoms with E-state index in [-0.39, 0.29) is 0 Å². The molecule has 11 rings (SSSR count). The number of hydrogen-bond acceptors (Lipinski definition) is 0. The van der Waals surface area contributed by atoms with Crippen LogP contribution >= 0.6 is 0 Å². The molecule has 1 aliphatic carbocycles. The highest BCUT2D eigenvalue weighted by molar-refractivity contribution is 7.19. The number of hydrogen-bond donors (Lipinski definition) is 0. The van der Waals surface area contributed by atoms with Gasteiger partial charge in [-0.2, -0.15) is 0 Å². The van der Waals surface area contributed by atoms with E-state index in [9.17, 15) is 0 Å². The average Bonchev–Trinajstić information content (AvgIpc) is 3.82. The second kappa shape index (κ2) is 13.9. The lowest BCUT2D eigenvalue weighted by Crippen LogP contribution is -2.74. The van der Waals surface area contributed by atoms with E-state index in [4.69, 9.17) is 0 Å². The molecule has 2 aromatic heterocycles. The SMILES string of the molecule is c1ccc([Si](c2ccccc2)(c2ccccc2)c2ccc(-n3c4ccccc4c4cccc(-n5c6ccccc6c6c(C7CCCCC7)cccc65)c43)cc2)cc1. The molecule has 2 nitrogen and oxygen atoms in total. The molecule has 274 valence electrons. The first-order valence-corrected chi connectivity index (χ1v) is 22.6. The van der Waals surface area contributed by atoms with E-state index in [1.165, 1.54) is 108 Å². The highest BCUT2D eigenvalue weighted by Gasteiger charge is 2.41. The van der Waals surface area contributed by atoms with Crippen LogP contribution in [0.5, 0.6) is 0 Å². The van der Waals surface area contributed by atoms with Crippen LogP contribution in [0.2, 0.25) is 0 Å². The van der Waals surface area contributed by atoms with Crippen molar-refractivity contribution in [2.45, 2.75) is 38.0 Å². The molecule has 1 saturated carbocycles. The van der Waals surface area contributed by atoms with Crippen molar-refractivity contribution in [1.82, 2.24) is 9.13 Å². The number of nitrogens with zero attached hydrogens (tertiary/aromatic N) is 2. The molecule has 8 aromatic carbocycles. The highest BCUT2D eigenvalue weighted by Crippen LogP contribution is 2.43. The van der Waals surface area contributed by atoms with Crippen molar-refractivity contribution in [3.63, 3.8) is 0 Å². The zero-order valence-corrected chi connectivity index (χ0v) is 33.1. The Morgan fingerprint density at radius 2 is 0.860 bits per heavy atom. The van der Waals surface area contributed by atoms with Crippen LogP contribution in [0.3, 0.4) is 0 Å². The van der Waals surface area contributed by atoms with E-state index in [1.807, 2.05) is 0 Å². The molecular weight excluding hydrogens is 705 g/mol. The summed E-state index contributed by atoms with van der Waals surface area (Å²) in [5.41, 5.74) is 8.90. The summed E-state index contributed by atoms with van der Waals surface area (Å²) in [4.78, 5) is 0. The number of fused-ring (bicyclic) bond motifs is 6. The summed E-state index contributed by atoms with van der Waals surface area (Å²) in [6.45, 7) is 0. The van der Waals surface area contributed by atoms with Crippen LogP contribution in [-0.2, 0) is 0 Å². The molecule has 57 heavy (non-hydrogen) atoms. The maximum absolute atomic E-state index is 2.66. The molecule has 0 saturated heterocycles. The zero-order valence-electron chi connectivity index (χ0n) is 32.1. The number of aromatic nitrogens is 2. The summed E-state index contributed by atoms with van der Waals surface area (Å²) in [6.07, 6.45) is 6.56. The smallest absolute Gasteiger partial charge is 0.179 e. The predicted octanol–water partition coefficient (Wildman–Crippen LogP) is 11.3. The third-order valence-corrected chi connectivity index (χ3v) is 17.7. The standard InChI is InChI=1S/C54H44N2Si/c1-5-19-39(20-6-1)45-29-17-33-51-53(45)48-28-14-16-32-50(48)56(51)52-34-18-30-47-46-27-13-15-31-49(46)55(54(47)52)40-35-37-44(38-36-40)57(41-21-7-2-8-22-41,42-23-9-3-10-24-42)43-25-11-4-12-26-43/h2-4,7-18,21-39H,1,5-6,19-20H2. The fraction of sp³-hybridized carbons (Fsp3) is 0.111. The molecule has 1 aliphatic rings. The van der Waals surface area contributed by atoms with Gasteiger partial charge in [0.1, 0.15) is 0 Å². The summed E-state index contributed by atoms with van der Waals surface area (Å²) in [7, 11) is -2.66. The Morgan fingerprint density at radius 3 is 1.49 bits per heavy atom. The van der Waals surface area contributed by atoms with E-state index in [1.54, 1.807) is 0 Å². The molecule has 0 bridgehead atoms.